The number of aliphatic hydroxyl groups excluding tert-OH is 1. The smallest absolute Gasteiger partial charge is 0.312 e. The monoisotopic (exact) mass is 885 g/mol. The molecule has 9 atom stereocenters. The van der Waals surface area contributed by atoms with Crippen molar-refractivity contribution in [1.82, 2.24) is 9.88 Å². The summed E-state index contributed by atoms with van der Waals surface area (Å²) in [6.45, 7) is 14.1. The lowest BCUT2D eigenvalue weighted by Crippen LogP contribution is -2.47. The van der Waals surface area contributed by atoms with Crippen LogP contribution in [0.4, 0.5) is 5.69 Å². The summed E-state index contributed by atoms with van der Waals surface area (Å²) in [7, 11) is 6.86. The number of hydrogen-bond acceptors (Lipinski definition) is 15. The number of rotatable bonds is 7. The van der Waals surface area contributed by atoms with Gasteiger partial charge in [-0.25, -0.2) is 4.98 Å². The quantitative estimate of drug-likeness (QED) is 0.0775. The molecule has 5 bridgehead atoms. The van der Waals surface area contributed by atoms with Gasteiger partial charge in [-0.3, -0.25) is 19.2 Å². The summed E-state index contributed by atoms with van der Waals surface area (Å²) in [6, 6.07) is 4.99. The van der Waals surface area contributed by atoms with Crippen LogP contribution in [-0.4, -0.2) is 109 Å². The Kier molecular flexibility index (Phi) is 14.2. The molecule has 0 fully saturated rings. The summed E-state index contributed by atoms with van der Waals surface area (Å²) in [5.74, 6) is -6.01. The molecule has 0 saturated heterocycles. The minimum atomic E-state index is -2.03. The molecule has 4 heterocycles. The second-order valence-electron chi connectivity index (χ2n) is 17.2. The average Bonchev–Trinajstić information content (AvgIpc) is 3.51. The molecule has 0 aliphatic carbocycles. The number of methoxy groups -OCH3 is 2. The topological polar surface area (TPSA) is 205 Å². The van der Waals surface area contributed by atoms with Crippen molar-refractivity contribution in [2.45, 2.75) is 85.6 Å². The van der Waals surface area contributed by atoms with E-state index >= 15 is 0 Å². The number of allylic oxidation sites excluding steroid dienone is 2. The number of fused-ring (bicyclic) bond motifs is 14. The van der Waals surface area contributed by atoms with Gasteiger partial charge in [0, 0.05) is 80.9 Å². The number of phenolic OH excluding ortho intramolecular Hbond substituents is 1. The number of anilines is 1. The molecule has 1 amide bonds. The van der Waals surface area contributed by atoms with Gasteiger partial charge >= 0.3 is 11.8 Å². The highest BCUT2D eigenvalue weighted by atomic mass is 16.7. The number of ether oxygens (including phenoxy) is 6. The number of nitrogens with zero attached hydrogens (tertiary/aromatic N) is 2. The molecule has 3 N–H and O–H groups in total. The van der Waals surface area contributed by atoms with Crippen LogP contribution in [0.3, 0.4) is 0 Å². The zero-order valence-corrected chi connectivity index (χ0v) is 38.4. The van der Waals surface area contributed by atoms with E-state index in [-0.39, 0.29) is 55.6 Å². The maximum absolute atomic E-state index is 14.7. The molecule has 0 unspecified atom stereocenters. The van der Waals surface area contributed by atoms with Gasteiger partial charge in [0.05, 0.1) is 35.5 Å². The molecule has 3 aromatic carbocycles. The van der Waals surface area contributed by atoms with Crippen LogP contribution in [0.2, 0.25) is 0 Å². The number of carbonyl (C=O) groups excluding carboxylic acids is 3. The molecule has 0 radical (unpaired) electrons. The van der Waals surface area contributed by atoms with E-state index in [0.29, 0.717) is 24.4 Å². The van der Waals surface area contributed by atoms with Crippen LogP contribution in [0.25, 0.3) is 33.0 Å². The predicted octanol–water partition coefficient (Wildman–Crippen LogP) is 6.59. The lowest BCUT2D eigenvalue weighted by molar-refractivity contribution is -0.162. The first kappa shape index (κ1) is 47.7. The number of aromatic hydroxyl groups is 1. The normalized spacial score (nSPS) is 28.8. The second kappa shape index (κ2) is 19.1. The van der Waals surface area contributed by atoms with Gasteiger partial charge in [-0.15, -0.1) is 0 Å². The molecule has 3 aliphatic heterocycles. The molecule has 1 aromatic heterocycles. The first-order valence-corrected chi connectivity index (χ1v) is 21.3. The molecule has 64 heavy (non-hydrogen) atoms. The Balaban J connectivity index is 1.58. The summed E-state index contributed by atoms with van der Waals surface area (Å²) >= 11 is 0. The second-order valence-corrected chi connectivity index (χ2v) is 17.2. The number of amides is 1. The van der Waals surface area contributed by atoms with Crippen molar-refractivity contribution in [3.05, 3.63) is 75.7 Å². The van der Waals surface area contributed by atoms with E-state index in [1.165, 1.54) is 41.3 Å². The van der Waals surface area contributed by atoms with E-state index in [4.69, 9.17) is 37.8 Å². The third-order valence-electron chi connectivity index (χ3n) is 12.3. The van der Waals surface area contributed by atoms with Crippen LogP contribution in [0.5, 0.6) is 17.2 Å². The number of benzene rings is 3. The fourth-order valence-electron chi connectivity index (χ4n) is 8.64. The average molecular weight is 886 g/mol. The number of likely N-dealkylation sites (N-methyl/N-ethyl adjacent to an activating group) is 1. The molecule has 16 nitrogen and oxygen atoms in total. The number of ketones is 1. The Hall–Kier alpha value is -5.81. The molecular weight excluding hydrogens is 827 g/mol. The van der Waals surface area contributed by atoms with E-state index in [1.54, 1.807) is 49.4 Å². The number of Topliss-reactive ketones (excluding diaryl/α,β-unsaturated/α-hetero) is 1. The molecule has 0 saturated carbocycles. The SMILES string of the molecule is CO[C@H]1[C@@H](C)[C@H](OC(C)=O)[C@H](C)[C@@H](OC)/C=C/O[C@@]2(C)Oc3c(C)c(=O)c4c(O)c(c5oc6cc(OCCN(C)C)ccc6nc5c4c3C2=O)NC(=O)/C(C)=C\C=C\[C@H](C)[C@H](O)[C@H]1C. The highest BCUT2D eigenvalue weighted by Gasteiger charge is 2.49. The van der Waals surface area contributed by atoms with Crippen LogP contribution >= 0.6 is 0 Å². The Bertz CT molecular complexity index is 2620. The molecule has 344 valence electrons. The third kappa shape index (κ3) is 9.09. The fraction of sp³-hybridized carbons (Fsp3) is 0.479. The van der Waals surface area contributed by atoms with Gasteiger partial charge in [0.25, 0.3) is 11.7 Å². The van der Waals surface area contributed by atoms with E-state index in [1.807, 2.05) is 46.7 Å². The van der Waals surface area contributed by atoms with Crippen molar-refractivity contribution in [2.24, 2.45) is 23.7 Å². The number of hydrogen-bond donors (Lipinski definition) is 3. The van der Waals surface area contributed by atoms with Gasteiger partial charge in [-0.1, -0.05) is 45.9 Å². The maximum atomic E-state index is 14.7. The highest BCUT2D eigenvalue weighted by molar-refractivity contribution is 6.26. The Labute approximate surface area is 371 Å². The summed E-state index contributed by atoms with van der Waals surface area (Å²) < 4.78 is 42.5. The molecule has 4 aromatic rings. The number of aliphatic hydroxyl groups is 1. The number of aromatic nitrogens is 1. The van der Waals surface area contributed by atoms with Gasteiger partial charge in [-0.2, -0.15) is 0 Å². The molecule has 0 spiro atoms. The highest BCUT2D eigenvalue weighted by Crippen LogP contribution is 2.48. The van der Waals surface area contributed by atoms with E-state index in [0.717, 1.165) is 0 Å². The minimum Gasteiger partial charge on any atom is -0.505 e. The number of carbonyl (C=O) groups is 3. The van der Waals surface area contributed by atoms with Gasteiger partial charge in [0.2, 0.25) is 0 Å². The number of phenols is 1. The largest absolute Gasteiger partial charge is 0.505 e. The maximum Gasteiger partial charge on any atom is 0.312 e. The van der Waals surface area contributed by atoms with E-state index in [2.05, 4.69) is 5.32 Å². The lowest BCUT2D eigenvalue weighted by Gasteiger charge is -2.39. The number of nitrogens with one attached hydrogen (secondary N) is 1. The van der Waals surface area contributed by atoms with E-state index < -0.39 is 82.7 Å². The van der Waals surface area contributed by atoms with Crippen LogP contribution in [0.15, 0.2) is 63.6 Å². The minimum absolute atomic E-state index is 0.00268. The Morgan fingerprint density at radius 1 is 0.984 bits per heavy atom. The van der Waals surface area contributed by atoms with Gasteiger partial charge in [-0.05, 0) is 46.2 Å². The van der Waals surface area contributed by atoms with Crippen molar-refractivity contribution in [3.8, 4) is 17.2 Å². The predicted molar refractivity (Wildman–Crippen MR) is 241 cm³/mol. The summed E-state index contributed by atoms with van der Waals surface area (Å²) in [5.41, 5.74) is -0.406. The lowest BCUT2D eigenvalue weighted by atomic mass is 9.78. The summed E-state index contributed by atoms with van der Waals surface area (Å²) in [6.07, 6.45) is 4.71. The molecule has 3 aliphatic rings. The van der Waals surface area contributed by atoms with Gasteiger partial charge in [0.1, 0.15) is 40.9 Å². The Morgan fingerprint density at radius 3 is 2.36 bits per heavy atom. The molecule has 16 heteroatoms. The summed E-state index contributed by atoms with van der Waals surface area (Å²) in [5, 5.41) is 26.1. The van der Waals surface area contributed by atoms with Crippen molar-refractivity contribution >= 4 is 56.3 Å². The van der Waals surface area contributed by atoms with Crippen LogP contribution in [0, 0.1) is 30.6 Å². The van der Waals surface area contributed by atoms with E-state index in [9.17, 15) is 29.4 Å². The molecular formula is C48H59N3O13. The first-order valence-electron chi connectivity index (χ1n) is 21.3. The van der Waals surface area contributed by atoms with Gasteiger partial charge < -0.3 is 53.3 Å². The summed E-state index contributed by atoms with van der Waals surface area (Å²) in [4.78, 5) is 62.4. The van der Waals surface area contributed by atoms with Crippen molar-refractivity contribution in [1.29, 1.82) is 0 Å². The van der Waals surface area contributed by atoms with Crippen LogP contribution in [-0.2, 0) is 28.5 Å². The standard InChI is InChI=1S/C48H59N3O13/c1-23-14-13-15-24(2)47(57)50-38-41(55)35-34(37-45(38)63-33-22-30(16-17-31(33)49-37)60-21-19-51(9)10)36-44(27(5)40(35)54)64-48(8,46(36)56)61-20-18-32(58-11)25(3)43(62-29(7)52)28(6)42(59-12)26(4)39(23)53/h13-18,20,22-23,25-26,28,32,39,42-43,53,55H,19,21H2,1-12H3,(H,50,57)/b14-13+,20-18+,24-15-/t23-,25+,26+,28+,32-,39-,42+,43+,48-/m0/s1. The Morgan fingerprint density at radius 2 is 1.70 bits per heavy atom. The zero-order chi connectivity index (χ0) is 46.9. The van der Waals surface area contributed by atoms with Crippen molar-refractivity contribution < 1.29 is 57.4 Å². The number of esters is 1. The molecule has 7 rings (SSSR count). The van der Waals surface area contributed by atoms with Crippen molar-refractivity contribution in [3.63, 3.8) is 0 Å². The zero-order valence-electron chi connectivity index (χ0n) is 38.4. The fourth-order valence-corrected chi connectivity index (χ4v) is 8.64. The van der Waals surface area contributed by atoms with Crippen LogP contribution in [0.1, 0.15) is 64.4 Å². The van der Waals surface area contributed by atoms with Crippen LogP contribution < -0.4 is 20.2 Å². The third-order valence-corrected chi connectivity index (χ3v) is 12.3. The van der Waals surface area contributed by atoms with Crippen molar-refractivity contribution in [2.75, 3.05) is 46.8 Å². The first-order chi connectivity index (χ1) is 30.2. The van der Waals surface area contributed by atoms with Gasteiger partial charge in [0.15, 0.2) is 22.3 Å².